The van der Waals surface area contributed by atoms with Gasteiger partial charge in [0.25, 0.3) is 0 Å². The summed E-state index contributed by atoms with van der Waals surface area (Å²) in [4.78, 5) is 17.8. The number of aliphatic hydroxyl groups is 3. The predicted octanol–water partition coefficient (Wildman–Crippen LogP) is 4.54. The van der Waals surface area contributed by atoms with Crippen molar-refractivity contribution < 1.29 is 34.7 Å². The number of phenols is 1. The number of fused-ring (bicyclic) bond motifs is 11. The van der Waals surface area contributed by atoms with Crippen molar-refractivity contribution in [1.29, 1.82) is 0 Å². The third-order valence-electron chi connectivity index (χ3n) is 14.3. The zero-order chi connectivity index (χ0) is 40.9. The molecule has 8 bridgehead atoms. The van der Waals surface area contributed by atoms with Crippen molar-refractivity contribution in [2.45, 2.75) is 158 Å². The Morgan fingerprint density at radius 2 is 1.93 bits per heavy atom. The third kappa shape index (κ3) is 10.2. The summed E-state index contributed by atoms with van der Waals surface area (Å²) in [5.74, 6) is 9.11. The molecule has 8 rings (SSSR count). The Balaban J connectivity index is 1.38. The van der Waals surface area contributed by atoms with Gasteiger partial charge in [0, 0.05) is 66.8 Å². The van der Waals surface area contributed by atoms with Crippen molar-refractivity contribution in [3.8, 4) is 23.3 Å². The van der Waals surface area contributed by atoms with Crippen molar-refractivity contribution in [3.05, 3.63) is 23.3 Å². The maximum Gasteiger partial charge on any atom is 0.302 e. The molecule has 9 N–H and O–H groups in total. The molecule has 12 nitrogen and oxygen atoms in total. The predicted molar refractivity (Wildman–Crippen MR) is 231 cm³/mol. The molecule has 3 fully saturated rings. The average Bonchev–Trinajstić information content (AvgIpc) is 3.18. The smallest absolute Gasteiger partial charge is 0.302 e. The number of aliphatic imine (C=N–C) groups is 1. The lowest BCUT2D eigenvalue weighted by Crippen LogP contribution is -2.66. The fraction of sp³-hybridized carbons (Fsp3) is 0.773. The monoisotopic (exact) mass is 841 g/mol. The molecular weight excluding hydrogens is 775 g/mol. The van der Waals surface area contributed by atoms with E-state index in [2.05, 4.69) is 27.8 Å². The van der Waals surface area contributed by atoms with Gasteiger partial charge in [-0.25, -0.2) is 0 Å². The summed E-state index contributed by atoms with van der Waals surface area (Å²) in [5.41, 5.74) is 6.68. The van der Waals surface area contributed by atoms with Gasteiger partial charge in [-0.15, -0.1) is 0 Å². The number of benzene rings is 1. The van der Waals surface area contributed by atoms with Gasteiger partial charge in [-0.1, -0.05) is 52.7 Å². The van der Waals surface area contributed by atoms with Gasteiger partial charge in [0.05, 0.1) is 30.8 Å². The van der Waals surface area contributed by atoms with Crippen molar-refractivity contribution >= 4 is 33.5 Å². The highest BCUT2D eigenvalue weighted by Crippen LogP contribution is 2.46. The van der Waals surface area contributed by atoms with E-state index in [4.69, 9.17) is 20.2 Å². The summed E-state index contributed by atoms with van der Waals surface area (Å²) in [5, 5.41) is 57.0. The molecular formula is C44H67N5O7S2. The molecule has 14 heteroatoms. The summed E-state index contributed by atoms with van der Waals surface area (Å²) in [6.07, 6.45) is 9.47. The van der Waals surface area contributed by atoms with Gasteiger partial charge in [-0.05, 0) is 107 Å². The lowest BCUT2D eigenvalue weighted by atomic mass is 9.64. The van der Waals surface area contributed by atoms with E-state index in [1.807, 2.05) is 27.7 Å². The highest BCUT2D eigenvalue weighted by Gasteiger charge is 2.49. The standard InChI is InChI=1S/C44H67N5O7S2/c1-28(51)42-13-8-31-18-30-6-7-40(46-16-17-57-58-27-43(11-4-3-5-12-43)49-41(45)47-26-42)44(23-30)24-35(10-15-48-44)56-39-21-32(33(25-50)20-37(39)54)19-36(31)38(55-29(2)52)22-34(53)9-14-42/h20-21,28,30-31,34-36,38,40,46,48,50-51,53-54H,3-7,9-12,14-19,22-27H2,1-2H3,(H3,45,47,49)/t28-,30+,31+,34-,35-,36+,38-,40-,42-,44-/m0/s1. The number of phenolic OH excluding ortho intramolecular Hbond substituents is 1. The van der Waals surface area contributed by atoms with Crippen molar-refractivity contribution in [2.24, 2.45) is 33.9 Å². The molecule has 0 aromatic heterocycles. The Labute approximate surface area is 352 Å². The maximum atomic E-state index is 12.8. The number of carbonyl (C=O) groups is 1. The molecule has 3 aliphatic carbocycles. The highest BCUT2D eigenvalue weighted by molar-refractivity contribution is 8.76. The van der Waals surface area contributed by atoms with Gasteiger partial charge < -0.3 is 51.6 Å². The molecule has 0 amide bonds. The molecule has 0 radical (unpaired) electrons. The Hall–Kier alpha value is -2.38. The molecule has 10 atom stereocenters. The van der Waals surface area contributed by atoms with Crippen LogP contribution in [0.3, 0.4) is 0 Å². The van der Waals surface area contributed by atoms with Crippen LogP contribution >= 0.6 is 21.6 Å². The van der Waals surface area contributed by atoms with Gasteiger partial charge in [0.1, 0.15) is 12.2 Å². The van der Waals surface area contributed by atoms with E-state index in [0.29, 0.717) is 36.5 Å². The van der Waals surface area contributed by atoms with Gasteiger partial charge in [0.2, 0.25) is 0 Å². The average molecular weight is 842 g/mol. The SMILES string of the molecule is CC(=O)O[C@H]1C[C@@H](O)CC[C@@]2([C@H](C)O)C#C[C@@H]3C[C@H]4CC[C@H](NCCSSCC5(CCCCC5)NC(N)=NC2)[C@]2(C4)C[C@H](CCN2)Oc2cc(c(CO)cc2O)C[C@H]31. The molecule has 322 valence electrons. The van der Waals surface area contributed by atoms with E-state index in [0.717, 1.165) is 94.4 Å². The Morgan fingerprint density at radius 3 is 2.71 bits per heavy atom. The van der Waals surface area contributed by atoms with Crippen molar-refractivity contribution in [2.75, 3.05) is 31.1 Å². The van der Waals surface area contributed by atoms with E-state index in [1.165, 1.54) is 13.3 Å². The number of carbonyl (C=O) groups excluding carboxylic acids is 1. The number of guanidine groups is 1. The molecule has 2 saturated carbocycles. The van der Waals surface area contributed by atoms with Gasteiger partial charge in [-0.2, -0.15) is 0 Å². The summed E-state index contributed by atoms with van der Waals surface area (Å²) in [6, 6.07) is 3.66. The lowest BCUT2D eigenvalue weighted by Gasteiger charge is -2.52. The van der Waals surface area contributed by atoms with E-state index in [1.54, 1.807) is 13.0 Å². The van der Waals surface area contributed by atoms with E-state index >= 15 is 0 Å². The number of nitrogens with one attached hydrogen (secondary N) is 3. The first-order valence-electron chi connectivity index (χ1n) is 21.9. The quantitative estimate of drug-likeness (QED) is 0.120. The molecule has 1 saturated heterocycles. The van der Waals surface area contributed by atoms with E-state index in [-0.39, 0.29) is 66.3 Å². The lowest BCUT2D eigenvalue weighted by molar-refractivity contribution is -0.152. The molecule has 1 aromatic carbocycles. The zero-order valence-electron chi connectivity index (χ0n) is 34.5. The number of nitrogens with two attached hydrogens (primary N) is 1. The minimum atomic E-state index is -0.991. The van der Waals surface area contributed by atoms with Crippen LogP contribution in [-0.4, -0.2) is 105 Å². The highest BCUT2D eigenvalue weighted by atomic mass is 33.1. The topological polar surface area (TPSA) is 191 Å². The van der Waals surface area contributed by atoms with Crippen LogP contribution in [0, 0.1) is 35.0 Å². The van der Waals surface area contributed by atoms with Crippen LogP contribution in [0.2, 0.25) is 0 Å². The first kappa shape index (κ1) is 43.7. The molecule has 4 aliphatic heterocycles. The number of nitrogens with zero attached hydrogens (tertiary/aromatic N) is 1. The molecule has 7 aliphatic rings. The number of rotatable bonds is 3. The Kier molecular flexibility index (Phi) is 14.4. The van der Waals surface area contributed by atoms with Crippen LogP contribution in [0.25, 0.3) is 0 Å². The molecule has 58 heavy (non-hydrogen) atoms. The minimum Gasteiger partial charge on any atom is -0.504 e. The summed E-state index contributed by atoms with van der Waals surface area (Å²) in [7, 11) is 3.81. The number of hydrogen-bond acceptors (Lipinski definition) is 14. The second-order valence-electron chi connectivity index (χ2n) is 18.4. The first-order chi connectivity index (χ1) is 27.9. The van der Waals surface area contributed by atoms with Crippen LogP contribution in [0.4, 0.5) is 0 Å². The first-order valence-corrected chi connectivity index (χ1v) is 24.4. The number of aromatic hydroxyl groups is 1. The van der Waals surface area contributed by atoms with Gasteiger partial charge >= 0.3 is 5.97 Å². The van der Waals surface area contributed by atoms with Crippen LogP contribution in [0.15, 0.2) is 17.1 Å². The second kappa shape index (κ2) is 19.1. The molecule has 4 heterocycles. The van der Waals surface area contributed by atoms with Crippen molar-refractivity contribution in [3.63, 3.8) is 0 Å². The Bertz CT molecular complexity index is 1680. The molecule has 2 spiro atoms. The van der Waals surface area contributed by atoms with Crippen LogP contribution in [0.5, 0.6) is 11.5 Å². The third-order valence-corrected chi connectivity index (χ3v) is 16.8. The normalized spacial score (nSPS) is 36.4. The minimum absolute atomic E-state index is 0.0152. The van der Waals surface area contributed by atoms with Crippen molar-refractivity contribution in [1.82, 2.24) is 16.0 Å². The fourth-order valence-electron chi connectivity index (χ4n) is 11.0. The Morgan fingerprint density at radius 1 is 1.10 bits per heavy atom. The van der Waals surface area contributed by atoms with Crippen LogP contribution < -0.4 is 26.4 Å². The number of esters is 1. The summed E-state index contributed by atoms with van der Waals surface area (Å²) in [6.45, 7) is 4.71. The second-order valence-corrected chi connectivity index (χ2v) is 20.9. The summed E-state index contributed by atoms with van der Waals surface area (Å²) >= 11 is 0. The number of ether oxygens (including phenoxy) is 2. The zero-order valence-corrected chi connectivity index (χ0v) is 36.1. The van der Waals surface area contributed by atoms with E-state index in [9.17, 15) is 25.2 Å². The number of hydrogen-bond donors (Lipinski definition) is 8. The van der Waals surface area contributed by atoms with Gasteiger partial charge in [0.15, 0.2) is 17.5 Å². The van der Waals surface area contributed by atoms with Crippen LogP contribution in [-0.2, 0) is 22.6 Å². The number of aliphatic hydroxyl groups excluding tert-OH is 3. The van der Waals surface area contributed by atoms with E-state index < -0.39 is 29.7 Å². The fourth-order valence-corrected chi connectivity index (χ4v) is 13.5. The molecule has 0 unspecified atom stereocenters. The maximum absolute atomic E-state index is 12.8. The number of piperidine rings is 1. The summed E-state index contributed by atoms with van der Waals surface area (Å²) < 4.78 is 12.9. The van der Waals surface area contributed by atoms with Crippen LogP contribution in [0.1, 0.15) is 115 Å². The molecule has 1 aromatic rings. The van der Waals surface area contributed by atoms with Gasteiger partial charge in [-0.3, -0.25) is 9.79 Å². The largest absolute Gasteiger partial charge is 0.504 e.